The van der Waals surface area contributed by atoms with Crippen molar-refractivity contribution in [1.29, 1.82) is 0 Å². The number of amides is 2. The Bertz CT molecular complexity index is 970. The van der Waals surface area contributed by atoms with E-state index < -0.39 is 15.9 Å². The summed E-state index contributed by atoms with van der Waals surface area (Å²) in [6.45, 7) is 2.43. The molecule has 1 atom stereocenters. The smallest absolute Gasteiger partial charge is 0.238 e. The number of rotatable bonds is 6. The number of benzene rings is 2. The number of carbonyl (C=O) groups excluding carboxylic acids is 2. The van der Waals surface area contributed by atoms with Gasteiger partial charge in [-0.05, 0) is 48.4 Å². The van der Waals surface area contributed by atoms with E-state index in [1.165, 1.54) is 29.8 Å². The van der Waals surface area contributed by atoms with Gasteiger partial charge in [-0.3, -0.25) is 9.59 Å². The summed E-state index contributed by atoms with van der Waals surface area (Å²) < 4.78 is 22.6. The van der Waals surface area contributed by atoms with Crippen LogP contribution < -0.4 is 15.4 Å². The van der Waals surface area contributed by atoms with Gasteiger partial charge in [0.05, 0.1) is 10.8 Å². The van der Waals surface area contributed by atoms with Crippen molar-refractivity contribution in [2.75, 3.05) is 16.8 Å². The summed E-state index contributed by atoms with van der Waals surface area (Å²) in [5.41, 5.74) is 2.46. The van der Waals surface area contributed by atoms with Gasteiger partial charge in [-0.15, -0.1) is 0 Å². The van der Waals surface area contributed by atoms with E-state index in [9.17, 15) is 18.0 Å². The summed E-state index contributed by atoms with van der Waals surface area (Å²) in [4.78, 5) is 26.5. The largest absolute Gasteiger partial charge is 0.326 e. The van der Waals surface area contributed by atoms with Gasteiger partial charge in [0.15, 0.2) is 0 Å². The van der Waals surface area contributed by atoms with Crippen molar-refractivity contribution >= 4 is 33.2 Å². The van der Waals surface area contributed by atoms with Crippen LogP contribution in [0.1, 0.15) is 25.3 Å². The minimum atomic E-state index is -3.78. The third kappa shape index (κ3) is 4.58. The van der Waals surface area contributed by atoms with Crippen LogP contribution in [0.2, 0.25) is 0 Å². The van der Waals surface area contributed by atoms with Crippen LogP contribution >= 0.6 is 0 Å². The van der Waals surface area contributed by atoms with Crippen LogP contribution in [0, 0.1) is 5.92 Å². The zero-order valence-corrected chi connectivity index (χ0v) is 16.4. The topological polar surface area (TPSA) is 110 Å². The van der Waals surface area contributed by atoms with Crippen molar-refractivity contribution < 1.29 is 18.0 Å². The second kappa shape index (κ2) is 8.12. The molecule has 148 valence electrons. The molecule has 0 bridgehead atoms. The summed E-state index contributed by atoms with van der Waals surface area (Å²) in [7, 11) is -3.78. The van der Waals surface area contributed by atoms with Gasteiger partial charge >= 0.3 is 0 Å². The molecule has 0 spiro atoms. The van der Waals surface area contributed by atoms with E-state index in [1.807, 2.05) is 24.3 Å². The molecule has 0 aromatic heterocycles. The van der Waals surface area contributed by atoms with Crippen LogP contribution in [0.15, 0.2) is 53.4 Å². The van der Waals surface area contributed by atoms with Gasteiger partial charge in [-0.1, -0.05) is 25.5 Å². The average molecular weight is 401 g/mol. The molecule has 2 amide bonds. The van der Waals surface area contributed by atoms with E-state index >= 15 is 0 Å². The molecule has 3 N–H and O–H groups in total. The van der Waals surface area contributed by atoms with E-state index in [0.717, 1.165) is 18.5 Å². The summed E-state index contributed by atoms with van der Waals surface area (Å²) in [6, 6.07) is 13.4. The maximum Gasteiger partial charge on any atom is 0.238 e. The number of nitrogens with two attached hydrogens (primary N) is 1. The van der Waals surface area contributed by atoms with Gasteiger partial charge in [0, 0.05) is 24.3 Å². The fourth-order valence-corrected chi connectivity index (χ4v) is 3.75. The van der Waals surface area contributed by atoms with E-state index in [-0.39, 0.29) is 23.1 Å². The molecule has 1 fully saturated rings. The first-order valence-corrected chi connectivity index (χ1v) is 10.7. The van der Waals surface area contributed by atoms with Crippen LogP contribution in [0.4, 0.5) is 11.4 Å². The van der Waals surface area contributed by atoms with Crippen molar-refractivity contribution in [3.05, 3.63) is 54.1 Å². The number of hydrogen-bond acceptors (Lipinski definition) is 4. The van der Waals surface area contributed by atoms with Crippen LogP contribution in [-0.4, -0.2) is 26.8 Å². The van der Waals surface area contributed by atoms with E-state index in [1.54, 1.807) is 4.90 Å². The first-order chi connectivity index (χ1) is 13.3. The SMILES string of the molecule is CCCc1ccc(N2C[C@H](C(=O)Nc3ccc(S(N)(=O)=O)cc3)CC2=O)cc1. The molecule has 2 aromatic carbocycles. The first-order valence-electron chi connectivity index (χ1n) is 9.11. The Morgan fingerprint density at radius 1 is 1.14 bits per heavy atom. The number of nitrogens with zero attached hydrogens (tertiary/aromatic N) is 1. The van der Waals surface area contributed by atoms with Crippen molar-refractivity contribution in [1.82, 2.24) is 0 Å². The Balaban J connectivity index is 1.65. The lowest BCUT2D eigenvalue weighted by atomic mass is 10.1. The molecular formula is C20H23N3O4S. The predicted molar refractivity (Wildman–Crippen MR) is 107 cm³/mol. The maximum absolute atomic E-state index is 12.5. The monoisotopic (exact) mass is 401 g/mol. The zero-order chi connectivity index (χ0) is 20.3. The van der Waals surface area contributed by atoms with E-state index in [2.05, 4.69) is 12.2 Å². The van der Waals surface area contributed by atoms with E-state index in [4.69, 9.17) is 5.14 Å². The van der Waals surface area contributed by atoms with Crippen molar-refractivity contribution in [3.63, 3.8) is 0 Å². The van der Waals surface area contributed by atoms with Gasteiger partial charge in [0.2, 0.25) is 21.8 Å². The Hall–Kier alpha value is -2.71. The Kier molecular flexibility index (Phi) is 5.81. The third-order valence-electron chi connectivity index (χ3n) is 4.73. The lowest BCUT2D eigenvalue weighted by Gasteiger charge is -2.17. The standard InChI is InChI=1S/C20H23N3O4S/c1-2-3-14-4-8-17(9-5-14)23-13-15(12-19(23)24)20(25)22-16-6-10-18(11-7-16)28(21,26)27/h4-11,15H,2-3,12-13H2,1H3,(H,22,25)(H2,21,26,27)/t15-/m1/s1. The summed E-state index contributed by atoms with van der Waals surface area (Å²) in [5, 5.41) is 7.79. The minimum Gasteiger partial charge on any atom is -0.326 e. The van der Waals surface area contributed by atoms with Crippen molar-refractivity contribution in [2.24, 2.45) is 11.1 Å². The first kappa shape index (κ1) is 20.0. The number of anilines is 2. The summed E-state index contributed by atoms with van der Waals surface area (Å²) in [6.07, 6.45) is 2.18. The number of carbonyl (C=O) groups is 2. The predicted octanol–water partition coefficient (Wildman–Crippen LogP) is 2.28. The molecule has 0 saturated carbocycles. The summed E-state index contributed by atoms with van der Waals surface area (Å²) in [5.74, 6) is -0.837. The molecule has 28 heavy (non-hydrogen) atoms. The average Bonchev–Trinajstić information content (AvgIpc) is 3.04. The normalized spacial score (nSPS) is 17.0. The highest BCUT2D eigenvalue weighted by Gasteiger charge is 2.35. The fraction of sp³-hybridized carbons (Fsp3) is 0.300. The highest BCUT2D eigenvalue weighted by atomic mass is 32.2. The van der Waals surface area contributed by atoms with Gasteiger partial charge in [0.25, 0.3) is 0 Å². The molecule has 1 heterocycles. The van der Waals surface area contributed by atoms with Crippen LogP contribution in [0.5, 0.6) is 0 Å². The van der Waals surface area contributed by atoms with Crippen LogP contribution in [0.25, 0.3) is 0 Å². The molecule has 0 aliphatic carbocycles. The number of sulfonamides is 1. The third-order valence-corrected chi connectivity index (χ3v) is 5.66. The Labute approximate surface area is 164 Å². The maximum atomic E-state index is 12.5. The molecule has 1 aliphatic rings. The van der Waals surface area contributed by atoms with E-state index in [0.29, 0.717) is 12.2 Å². The Morgan fingerprint density at radius 2 is 1.79 bits per heavy atom. The van der Waals surface area contributed by atoms with Crippen LogP contribution in [-0.2, 0) is 26.0 Å². The van der Waals surface area contributed by atoms with Gasteiger partial charge in [-0.2, -0.15) is 0 Å². The number of nitrogens with one attached hydrogen (secondary N) is 1. The lowest BCUT2D eigenvalue weighted by Crippen LogP contribution is -2.28. The van der Waals surface area contributed by atoms with Gasteiger partial charge in [0.1, 0.15) is 0 Å². The minimum absolute atomic E-state index is 0.0285. The molecule has 1 saturated heterocycles. The number of hydrogen-bond donors (Lipinski definition) is 2. The highest BCUT2D eigenvalue weighted by molar-refractivity contribution is 7.89. The number of primary sulfonamides is 1. The van der Waals surface area contributed by atoms with Crippen molar-refractivity contribution in [2.45, 2.75) is 31.1 Å². The Morgan fingerprint density at radius 3 is 2.36 bits per heavy atom. The second-order valence-electron chi connectivity index (χ2n) is 6.88. The molecule has 2 aromatic rings. The quantitative estimate of drug-likeness (QED) is 0.774. The second-order valence-corrected chi connectivity index (χ2v) is 8.44. The van der Waals surface area contributed by atoms with Gasteiger partial charge in [-0.25, -0.2) is 13.6 Å². The number of aryl methyl sites for hydroxylation is 1. The molecule has 0 radical (unpaired) electrons. The molecule has 1 aliphatic heterocycles. The molecule has 7 nitrogen and oxygen atoms in total. The van der Waals surface area contributed by atoms with Crippen LogP contribution in [0.3, 0.4) is 0 Å². The zero-order valence-electron chi connectivity index (χ0n) is 15.6. The fourth-order valence-electron chi connectivity index (χ4n) is 3.24. The summed E-state index contributed by atoms with van der Waals surface area (Å²) >= 11 is 0. The highest BCUT2D eigenvalue weighted by Crippen LogP contribution is 2.26. The molecule has 3 rings (SSSR count). The van der Waals surface area contributed by atoms with Gasteiger partial charge < -0.3 is 10.2 Å². The molecular weight excluding hydrogens is 378 g/mol. The lowest BCUT2D eigenvalue weighted by molar-refractivity contribution is -0.122. The molecule has 8 heteroatoms. The van der Waals surface area contributed by atoms with Crippen molar-refractivity contribution in [3.8, 4) is 0 Å². The molecule has 0 unspecified atom stereocenters.